The largest absolute Gasteiger partial charge is 0.494 e. The third-order valence-electron chi connectivity index (χ3n) is 7.52. The molecular formula is C23H37BFNO4Si. The highest BCUT2D eigenvalue weighted by Gasteiger charge is 2.52. The molecule has 31 heavy (non-hydrogen) atoms. The van der Waals surface area contributed by atoms with Crippen LogP contribution in [-0.4, -0.2) is 45.2 Å². The van der Waals surface area contributed by atoms with E-state index in [2.05, 4.69) is 33.9 Å². The van der Waals surface area contributed by atoms with E-state index in [4.69, 9.17) is 13.7 Å². The number of hydrogen-bond acceptors (Lipinski definition) is 4. The molecule has 3 rings (SSSR count). The fourth-order valence-electron chi connectivity index (χ4n) is 3.60. The summed E-state index contributed by atoms with van der Waals surface area (Å²) in [5, 5.41) is 0.0795. The Hall–Kier alpha value is -1.22. The summed E-state index contributed by atoms with van der Waals surface area (Å²) in [6.07, 6.45) is 1.08. The Labute approximate surface area is 187 Å². The van der Waals surface area contributed by atoms with Gasteiger partial charge in [-0.25, -0.2) is 4.39 Å². The van der Waals surface area contributed by atoms with Crippen LogP contribution in [0.1, 0.15) is 61.3 Å². The summed E-state index contributed by atoms with van der Waals surface area (Å²) in [5.41, 5.74) is -0.0828. The number of benzene rings is 1. The molecule has 2 saturated heterocycles. The van der Waals surface area contributed by atoms with Crippen LogP contribution in [0.3, 0.4) is 0 Å². The van der Waals surface area contributed by atoms with Crippen molar-refractivity contribution < 1.29 is 22.9 Å². The van der Waals surface area contributed by atoms with Crippen LogP contribution in [0.2, 0.25) is 18.1 Å². The zero-order valence-electron chi connectivity index (χ0n) is 20.5. The van der Waals surface area contributed by atoms with Gasteiger partial charge in [-0.3, -0.25) is 4.79 Å². The number of nitrogens with zero attached hydrogens (tertiary/aromatic N) is 1. The van der Waals surface area contributed by atoms with Crippen LogP contribution in [-0.2, 0) is 18.5 Å². The summed E-state index contributed by atoms with van der Waals surface area (Å²) in [5.74, 6) is -0.508. The molecule has 1 aromatic rings. The quantitative estimate of drug-likeness (QED) is 0.615. The average Bonchev–Trinajstić information content (AvgIpc) is 3.08. The Balaban J connectivity index is 1.79. The maximum Gasteiger partial charge on any atom is 0.494 e. The molecule has 0 aliphatic carbocycles. The predicted octanol–water partition coefficient (Wildman–Crippen LogP) is 4.64. The van der Waals surface area contributed by atoms with Crippen LogP contribution in [0.4, 0.5) is 10.1 Å². The Morgan fingerprint density at radius 3 is 2.29 bits per heavy atom. The highest BCUT2D eigenvalue weighted by Crippen LogP contribution is 2.39. The van der Waals surface area contributed by atoms with Crippen LogP contribution >= 0.6 is 0 Å². The molecular weight excluding hydrogens is 412 g/mol. The Kier molecular flexibility index (Phi) is 6.28. The van der Waals surface area contributed by atoms with Crippen molar-refractivity contribution in [3.8, 4) is 0 Å². The number of carbonyl (C=O) groups is 1. The maximum absolute atomic E-state index is 15.2. The molecule has 2 aliphatic heterocycles. The summed E-state index contributed by atoms with van der Waals surface area (Å²) < 4.78 is 33.6. The zero-order chi connectivity index (χ0) is 23.4. The summed E-state index contributed by atoms with van der Waals surface area (Å²) in [6.45, 7) is 19.2. The molecule has 172 valence electrons. The van der Waals surface area contributed by atoms with Crippen molar-refractivity contribution in [2.24, 2.45) is 0 Å². The van der Waals surface area contributed by atoms with Crippen molar-refractivity contribution in [2.75, 3.05) is 11.5 Å². The normalized spacial score (nSPS) is 23.7. The minimum atomic E-state index is -1.96. The highest BCUT2D eigenvalue weighted by atomic mass is 28.4. The third-order valence-corrected chi connectivity index (χ3v) is 12.0. The van der Waals surface area contributed by atoms with Crippen molar-refractivity contribution in [3.05, 3.63) is 24.0 Å². The number of amides is 1. The van der Waals surface area contributed by atoms with E-state index in [1.807, 2.05) is 27.7 Å². The van der Waals surface area contributed by atoms with Crippen LogP contribution in [0, 0.1) is 5.82 Å². The van der Waals surface area contributed by atoms with E-state index in [0.29, 0.717) is 30.6 Å². The molecule has 2 aliphatic rings. The van der Waals surface area contributed by atoms with Crippen LogP contribution in [0.5, 0.6) is 0 Å². The van der Waals surface area contributed by atoms with Gasteiger partial charge in [0.05, 0.1) is 29.5 Å². The smallest absolute Gasteiger partial charge is 0.415 e. The van der Waals surface area contributed by atoms with Crippen molar-refractivity contribution in [1.29, 1.82) is 0 Å². The summed E-state index contributed by atoms with van der Waals surface area (Å²) in [6, 6.07) is 4.73. The Morgan fingerprint density at radius 2 is 1.77 bits per heavy atom. The minimum Gasteiger partial charge on any atom is -0.415 e. The lowest BCUT2D eigenvalue weighted by Crippen LogP contribution is -2.45. The molecule has 0 spiro atoms. The standard InChI is InChI=1S/C23H37BFNO4Si/c1-21(2,3)31(8,9)28-15-17-11-13-20(27)26(17)19-12-10-16(14-18(19)25)24-29-22(4,5)23(6,7)30-24/h10,12,14,17H,11,13,15H2,1-9H3/t17-/m0/s1. The molecule has 0 N–H and O–H groups in total. The fraction of sp³-hybridized carbons (Fsp3) is 0.696. The van der Waals surface area contributed by atoms with Crippen LogP contribution in [0.25, 0.3) is 0 Å². The van der Waals surface area contributed by atoms with E-state index in [-0.39, 0.29) is 17.0 Å². The number of hydrogen-bond donors (Lipinski definition) is 0. The third kappa shape index (κ3) is 4.63. The summed E-state index contributed by atoms with van der Waals surface area (Å²) in [7, 11) is -2.60. The van der Waals surface area contributed by atoms with Gasteiger partial charge >= 0.3 is 7.12 Å². The summed E-state index contributed by atoms with van der Waals surface area (Å²) >= 11 is 0. The molecule has 1 atom stereocenters. The van der Waals surface area contributed by atoms with E-state index in [1.165, 1.54) is 6.07 Å². The molecule has 0 radical (unpaired) electrons. The van der Waals surface area contributed by atoms with Gasteiger partial charge in [-0.15, -0.1) is 0 Å². The topological polar surface area (TPSA) is 48.0 Å². The van der Waals surface area contributed by atoms with Gasteiger partial charge in [0, 0.05) is 6.42 Å². The van der Waals surface area contributed by atoms with Gasteiger partial charge in [-0.2, -0.15) is 0 Å². The number of rotatable bonds is 5. The van der Waals surface area contributed by atoms with Gasteiger partial charge < -0.3 is 18.6 Å². The number of anilines is 1. The molecule has 0 aromatic heterocycles. The van der Waals surface area contributed by atoms with Gasteiger partial charge in [-0.05, 0) is 69.8 Å². The van der Waals surface area contributed by atoms with Crippen molar-refractivity contribution in [1.82, 2.24) is 0 Å². The highest BCUT2D eigenvalue weighted by molar-refractivity contribution is 6.74. The Bertz CT molecular complexity index is 836. The SMILES string of the molecule is CC1(C)OB(c2ccc(N3C(=O)CC[C@H]3CO[Si](C)(C)C(C)(C)C)c(F)c2)OC1(C)C. The van der Waals surface area contributed by atoms with Gasteiger partial charge in [0.1, 0.15) is 5.82 Å². The number of halogens is 1. The van der Waals surface area contributed by atoms with Gasteiger partial charge in [0.25, 0.3) is 0 Å². The lowest BCUT2D eigenvalue weighted by atomic mass is 9.79. The van der Waals surface area contributed by atoms with Gasteiger partial charge in [-0.1, -0.05) is 26.8 Å². The second kappa shape index (κ2) is 7.97. The molecule has 0 unspecified atom stereocenters. The first kappa shape index (κ1) is 24.4. The second-order valence-corrected chi connectivity index (χ2v) is 16.1. The molecule has 0 bridgehead atoms. The van der Waals surface area contributed by atoms with E-state index in [9.17, 15) is 4.79 Å². The van der Waals surface area contributed by atoms with Gasteiger partial charge in [0.2, 0.25) is 5.91 Å². The van der Waals surface area contributed by atoms with E-state index < -0.39 is 32.5 Å². The summed E-state index contributed by atoms with van der Waals surface area (Å²) in [4.78, 5) is 14.2. The second-order valence-electron chi connectivity index (χ2n) is 11.3. The first-order valence-corrected chi connectivity index (χ1v) is 14.1. The monoisotopic (exact) mass is 449 g/mol. The predicted molar refractivity (Wildman–Crippen MR) is 126 cm³/mol. The first-order valence-electron chi connectivity index (χ1n) is 11.2. The molecule has 1 amide bonds. The van der Waals surface area contributed by atoms with Crippen LogP contribution < -0.4 is 10.4 Å². The van der Waals surface area contributed by atoms with Crippen LogP contribution in [0.15, 0.2) is 18.2 Å². The fourth-order valence-corrected chi connectivity index (χ4v) is 4.64. The van der Waals surface area contributed by atoms with E-state index in [0.717, 1.165) is 0 Å². The Morgan fingerprint density at radius 1 is 1.19 bits per heavy atom. The average molecular weight is 449 g/mol. The number of carbonyl (C=O) groups excluding carboxylic acids is 1. The molecule has 1 aromatic carbocycles. The van der Waals surface area contributed by atoms with E-state index in [1.54, 1.807) is 17.0 Å². The zero-order valence-corrected chi connectivity index (χ0v) is 21.5. The van der Waals surface area contributed by atoms with Crippen molar-refractivity contribution in [3.63, 3.8) is 0 Å². The molecule has 5 nitrogen and oxygen atoms in total. The van der Waals surface area contributed by atoms with Crippen molar-refractivity contribution in [2.45, 2.75) is 96.7 Å². The minimum absolute atomic E-state index is 0.0638. The molecule has 8 heteroatoms. The molecule has 2 fully saturated rings. The molecule has 2 heterocycles. The maximum atomic E-state index is 15.2. The van der Waals surface area contributed by atoms with Gasteiger partial charge in [0.15, 0.2) is 8.32 Å². The van der Waals surface area contributed by atoms with Crippen molar-refractivity contribution >= 4 is 32.5 Å². The van der Waals surface area contributed by atoms with E-state index >= 15 is 4.39 Å². The molecule has 0 saturated carbocycles. The lowest BCUT2D eigenvalue weighted by molar-refractivity contribution is -0.117. The first-order chi connectivity index (χ1) is 14.1. The lowest BCUT2D eigenvalue weighted by Gasteiger charge is -2.38.